The normalized spacial score (nSPS) is 11.5. The number of anilines is 1. The minimum Gasteiger partial charge on any atom is -0.497 e. The molecule has 3 aromatic carbocycles. The summed E-state index contributed by atoms with van der Waals surface area (Å²) in [4.78, 5) is 36.7. The molecule has 0 fully saturated rings. The van der Waals surface area contributed by atoms with Crippen LogP contribution in [0.3, 0.4) is 0 Å². The molecule has 0 radical (unpaired) electrons. The quantitative estimate of drug-likeness (QED) is 0.274. The summed E-state index contributed by atoms with van der Waals surface area (Å²) in [5.41, 5.74) is 2.06. The Hall–Kier alpha value is -4.46. The first-order valence-corrected chi connectivity index (χ1v) is 10.9. The van der Waals surface area contributed by atoms with E-state index in [1.165, 1.54) is 31.4 Å². The summed E-state index contributed by atoms with van der Waals surface area (Å²) in [6, 6.07) is 19.6. The maximum Gasteiger partial charge on any atom is 0.272 e. The molecule has 3 aromatic rings. The lowest BCUT2D eigenvalue weighted by atomic mass is 9.87. The van der Waals surface area contributed by atoms with E-state index in [2.05, 4.69) is 31.4 Å². The number of non-ortho nitro benzene ring substituents is 1. The van der Waals surface area contributed by atoms with Crippen LogP contribution in [0.4, 0.5) is 11.4 Å². The second kappa shape index (κ2) is 10.6. The molecular weight excluding hydrogens is 446 g/mol. The molecule has 2 N–H and O–H groups in total. The maximum absolute atomic E-state index is 13.1. The molecule has 0 spiro atoms. The Labute approximate surface area is 203 Å². The third-order valence-corrected chi connectivity index (χ3v) is 5.25. The first-order valence-electron chi connectivity index (χ1n) is 10.9. The minimum atomic E-state index is -0.582. The molecule has 8 nitrogen and oxygen atoms in total. The number of benzene rings is 3. The van der Waals surface area contributed by atoms with E-state index in [0.29, 0.717) is 22.6 Å². The van der Waals surface area contributed by atoms with Gasteiger partial charge >= 0.3 is 0 Å². The Morgan fingerprint density at radius 1 is 0.971 bits per heavy atom. The van der Waals surface area contributed by atoms with E-state index in [-0.39, 0.29) is 16.8 Å². The van der Waals surface area contributed by atoms with Crippen LogP contribution in [-0.2, 0) is 10.2 Å². The van der Waals surface area contributed by atoms with E-state index < -0.39 is 16.7 Å². The number of nitro benzene ring substituents is 1. The predicted octanol–water partition coefficient (Wildman–Crippen LogP) is 5.31. The molecule has 0 aromatic heterocycles. The van der Waals surface area contributed by atoms with Crippen molar-refractivity contribution in [3.8, 4) is 5.75 Å². The number of hydrogen-bond acceptors (Lipinski definition) is 5. The van der Waals surface area contributed by atoms with Crippen molar-refractivity contribution >= 4 is 29.3 Å². The lowest BCUT2D eigenvalue weighted by Gasteiger charge is -2.19. The summed E-state index contributed by atoms with van der Waals surface area (Å²) >= 11 is 0. The third-order valence-electron chi connectivity index (χ3n) is 5.25. The average molecular weight is 474 g/mol. The van der Waals surface area contributed by atoms with Crippen molar-refractivity contribution in [2.75, 3.05) is 12.4 Å². The fourth-order valence-corrected chi connectivity index (χ4v) is 3.24. The highest BCUT2D eigenvalue weighted by molar-refractivity contribution is 6.10. The molecule has 2 amide bonds. The number of nitrogens with one attached hydrogen (secondary N) is 2. The number of nitrogens with zero attached hydrogens (tertiary/aromatic N) is 1. The predicted molar refractivity (Wildman–Crippen MR) is 135 cm³/mol. The molecule has 0 bridgehead atoms. The summed E-state index contributed by atoms with van der Waals surface area (Å²) in [7, 11) is 1.54. The topological polar surface area (TPSA) is 111 Å². The molecule has 0 atom stereocenters. The standard InChI is InChI=1S/C27H27N3O5/c1-27(2,3)20-10-8-19(9-11-20)25(31)29-24(17-18-6-5-7-22(16-18)30(33)34)26(32)28-21-12-14-23(35-4)15-13-21/h5-17H,1-4H3,(H,28,32)(H,29,31). The van der Waals surface area contributed by atoms with Crippen LogP contribution in [0.1, 0.15) is 42.3 Å². The Morgan fingerprint density at radius 3 is 2.20 bits per heavy atom. The Kier molecular flexibility index (Phi) is 7.66. The molecule has 180 valence electrons. The molecule has 0 aliphatic heterocycles. The second-order valence-electron chi connectivity index (χ2n) is 8.87. The van der Waals surface area contributed by atoms with Gasteiger partial charge in [-0.25, -0.2) is 0 Å². The molecule has 8 heteroatoms. The average Bonchev–Trinajstić information content (AvgIpc) is 2.83. The van der Waals surface area contributed by atoms with Crippen LogP contribution in [0, 0.1) is 10.1 Å². The Morgan fingerprint density at radius 2 is 1.63 bits per heavy atom. The van der Waals surface area contributed by atoms with Gasteiger partial charge in [-0.05, 0) is 59.0 Å². The number of ether oxygens (including phenoxy) is 1. The van der Waals surface area contributed by atoms with E-state index >= 15 is 0 Å². The van der Waals surface area contributed by atoms with Crippen molar-refractivity contribution in [2.24, 2.45) is 0 Å². The SMILES string of the molecule is COc1ccc(NC(=O)C(=Cc2cccc([N+](=O)[O-])c2)NC(=O)c2ccc(C(C)(C)C)cc2)cc1. The van der Waals surface area contributed by atoms with Gasteiger partial charge in [-0.3, -0.25) is 19.7 Å². The van der Waals surface area contributed by atoms with Gasteiger partial charge in [0, 0.05) is 23.4 Å². The van der Waals surface area contributed by atoms with Gasteiger partial charge in [0.05, 0.1) is 12.0 Å². The zero-order valence-electron chi connectivity index (χ0n) is 20.0. The number of rotatable bonds is 7. The minimum absolute atomic E-state index is 0.0637. The lowest BCUT2D eigenvalue weighted by molar-refractivity contribution is -0.384. The summed E-state index contributed by atoms with van der Waals surface area (Å²) in [5.74, 6) is -0.435. The van der Waals surface area contributed by atoms with Crippen molar-refractivity contribution in [1.82, 2.24) is 5.32 Å². The number of nitro groups is 1. The van der Waals surface area contributed by atoms with Crippen LogP contribution in [0.5, 0.6) is 5.75 Å². The Bertz CT molecular complexity index is 1260. The summed E-state index contributed by atoms with van der Waals surface area (Å²) in [6.45, 7) is 6.22. The molecule has 0 saturated heterocycles. The fraction of sp³-hybridized carbons (Fsp3) is 0.185. The van der Waals surface area contributed by atoms with Gasteiger partial charge in [0.15, 0.2) is 0 Å². The number of carbonyl (C=O) groups excluding carboxylic acids is 2. The largest absolute Gasteiger partial charge is 0.497 e. The highest BCUT2D eigenvalue weighted by atomic mass is 16.6. The fourth-order valence-electron chi connectivity index (χ4n) is 3.24. The molecule has 0 unspecified atom stereocenters. The van der Waals surface area contributed by atoms with Crippen LogP contribution >= 0.6 is 0 Å². The monoisotopic (exact) mass is 473 g/mol. The summed E-state index contributed by atoms with van der Waals surface area (Å²) < 4.78 is 5.13. The van der Waals surface area contributed by atoms with Gasteiger partial charge in [0.25, 0.3) is 17.5 Å². The van der Waals surface area contributed by atoms with Crippen molar-refractivity contribution < 1.29 is 19.2 Å². The van der Waals surface area contributed by atoms with Gasteiger partial charge in [0.1, 0.15) is 11.4 Å². The van der Waals surface area contributed by atoms with Gasteiger partial charge in [-0.2, -0.15) is 0 Å². The van der Waals surface area contributed by atoms with E-state index in [1.54, 1.807) is 42.5 Å². The van der Waals surface area contributed by atoms with Gasteiger partial charge in [-0.1, -0.05) is 45.0 Å². The van der Waals surface area contributed by atoms with Crippen molar-refractivity contribution in [1.29, 1.82) is 0 Å². The van der Waals surface area contributed by atoms with Crippen LogP contribution in [0.15, 0.2) is 78.5 Å². The number of hydrogen-bond donors (Lipinski definition) is 2. The lowest BCUT2D eigenvalue weighted by Crippen LogP contribution is -2.30. The van der Waals surface area contributed by atoms with Crippen LogP contribution in [-0.4, -0.2) is 23.8 Å². The molecule has 35 heavy (non-hydrogen) atoms. The number of amides is 2. The van der Waals surface area contributed by atoms with Crippen LogP contribution in [0.2, 0.25) is 0 Å². The maximum atomic E-state index is 13.1. The smallest absolute Gasteiger partial charge is 0.272 e. The zero-order chi connectivity index (χ0) is 25.6. The zero-order valence-corrected chi connectivity index (χ0v) is 20.0. The highest BCUT2D eigenvalue weighted by Gasteiger charge is 2.18. The molecular formula is C27H27N3O5. The van der Waals surface area contributed by atoms with Gasteiger partial charge < -0.3 is 15.4 Å². The van der Waals surface area contributed by atoms with Gasteiger partial charge in [-0.15, -0.1) is 0 Å². The van der Waals surface area contributed by atoms with E-state index in [1.807, 2.05) is 12.1 Å². The van der Waals surface area contributed by atoms with Crippen molar-refractivity contribution in [2.45, 2.75) is 26.2 Å². The highest BCUT2D eigenvalue weighted by Crippen LogP contribution is 2.23. The van der Waals surface area contributed by atoms with E-state index in [9.17, 15) is 19.7 Å². The van der Waals surface area contributed by atoms with E-state index in [4.69, 9.17) is 4.74 Å². The summed E-state index contributed by atoms with van der Waals surface area (Å²) in [6.07, 6.45) is 1.40. The second-order valence-corrected chi connectivity index (χ2v) is 8.87. The molecule has 0 heterocycles. The first kappa shape index (κ1) is 25.2. The Balaban J connectivity index is 1.90. The van der Waals surface area contributed by atoms with Crippen molar-refractivity contribution in [3.05, 3.63) is 105 Å². The summed E-state index contributed by atoms with van der Waals surface area (Å²) in [5, 5.41) is 16.5. The molecule has 0 aliphatic carbocycles. The van der Waals surface area contributed by atoms with Gasteiger partial charge in [0.2, 0.25) is 0 Å². The van der Waals surface area contributed by atoms with Crippen molar-refractivity contribution in [3.63, 3.8) is 0 Å². The van der Waals surface area contributed by atoms with Crippen LogP contribution < -0.4 is 15.4 Å². The molecule has 0 aliphatic rings. The molecule has 3 rings (SSSR count). The number of carbonyl (C=O) groups is 2. The third kappa shape index (κ3) is 6.77. The van der Waals surface area contributed by atoms with Crippen LogP contribution in [0.25, 0.3) is 6.08 Å². The van der Waals surface area contributed by atoms with E-state index in [0.717, 1.165) is 5.56 Å². The molecule has 0 saturated carbocycles. The first-order chi connectivity index (χ1) is 16.6. The number of methoxy groups -OCH3 is 1.